The summed E-state index contributed by atoms with van der Waals surface area (Å²) in [7, 11) is 0. The molecule has 1 aromatic heterocycles. The first kappa shape index (κ1) is 26.2. The average molecular weight is 515 g/mol. The summed E-state index contributed by atoms with van der Waals surface area (Å²) in [6.45, 7) is 6.99. The van der Waals surface area contributed by atoms with Gasteiger partial charge < -0.3 is 20.3 Å². The number of carbonyl (C=O) groups excluding carboxylic acids is 2. The Hall–Kier alpha value is -3.45. The van der Waals surface area contributed by atoms with E-state index in [1.165, 1.54) is 0 Å². The second-order valence-electron chi connectivity index (χ2n) is 11.1. The lowest BCUT2D eigenvalue weighted by atomic mass is 9.96. The third kappa shape index (κ3) is 5.39. The minimum atomic E-state index is -0.449. The monoisotopic (exact) mass is 514 g/mol. The van der Waals surface area contributed by atoms with Gasteiger partial charge in [0.15, 0.2) is 0 Å². The lowest BCUT2D eigenvalue weighted by molar-refractivity contribution is -0.137. The van der Waals surface area contributed by atoms with Crippen molar-refractivity contribution in [3.05, 3.63) is 66.1 Å². The number of H-pyrrole nitrogens is 1. The summed E-state index contributed by atoms with van der Waals surface area (Å²) < 4.78 is 0. The summed E-state index contributed by atoms with van der Waals surface area (Å²) >= 11 is 0. The summed E-state index contributed by atoms with van der Waals surface area (Å²) in [5.41, 5.74) is 4.54. The van der Waals surface area contributed by atoms with Crippen LogP contribution in [0.1, 0.15) is 75.1 Å². The first-order valence-corrected chi connectivity index (χ1v) is 13.9. The third-order valence-electron chi connectivity index (χ3n) is 8.30. The van der Waals surface area contributed by atoms with Crippen LogP contribution in [0.15, 0.2) is 54.7 Å². The second kappa shape index (κ2) is 11.1. The zero-order valence-electron chi connectivity index (χ0n) is 22.5. The number of benzene rings is 2. The predicted molar refractivity (Wildman–Crippen MR) is 148 cm³/mol. The van der Waals surface area contributed by atoms with Gasteiger partial charge >= 0.3 is 0 Å². The summed E-state index contributed by atoms with van der Waals surface area (Å²) in [4.78, 5) is 35.8. The molecule has 3 N–H and O–H groups in total. The van der Waals surface area contributed by atoms with Gasteiger partial charge in [-0.3, -0.25) is 9.59 Å². The lowest BCUT2D eigenvalue weighted by Crippen LogP contribution is -2.39. The Bertz CT molecular complexity index is 1270. The molecule has 0 radical (unpaired) electrons. The van der Waals surface area contributed by atoms with Crippen LogP contribution in [0.2, 0.25) is 0 Å². The number of aromatic nitrogens is 2. The quantitative estimate of drug-likeness (QED) is 0.396. The summed E-state index contributed by atoms with van der Waals surface area (Å²) in [6.07, 6.45) is 5.91. The van der Waals surface area contributed by atoms with Crippen LogP contribution in [-0.4, -0.2) is 50.5 Å². The van der Waals surface area contributed by atoms with Gasteiger partial charge in [0.1, 0.15) is 5.82 Å². The molecule has 7 heteroatoms. The largest absolute Gasteiger partial charge is 0.391 e. The molecule has 1 saturated heterocycles. The van der Waals surface area contributed by atoms with E-state index in [9.17, 15) is 14.7 Å². The van der Waals surface area contributed by atoms with Gasteiger partial charge in [0.25, 0.3) is 5.91 Å². The molecule has 0 bridgehead atoms. The second-order valence-corrected chi connectivity index (χ2v) is 11.1. The fraction of sp³-hybridized carbons (Fsp3) is 0.452. The first-order valence-electron chi connectivity index (χ1n) is 13.9. The van der Waals surface area contributed by atoms with Crippen molar-refractivity contribution in [1.82, 2.24) is 20.2 Å². The van der Waals surface area contributed by atoms with Crippen molar-refractivity contribution in [3.63, 3.8) is 0 Å². The van der Waals surface area contributed by atoms with Crippen molar-refractivity contribution in [1.29, 1.82) is 0 Å². The van der Waals surface area contributed by atoms with E-state index in [2.05, 4.69) is 48.4 Å². The third-order valence-corrected chi connectivity index (χ3v) is 8.30. The van der Waals surface area contributed by atoms with E-state index in [1.807, 2.05) is 42.3 Å². The van der Waals surface area contributed by atoms with Crippen LogP contribution in [0.3, 0.4) is 0 Å². The fourth-order valence-electron chi connectivity index (χ4n) is 5.52. The van der Waals surface area contributed by atoms with Crippen molar-refractivity contribution in [2.24, 2.45) is 11.8 Å². The van der Waals surface area contributed by atoms with Crippen molar-refractivity contribution in [2.75, 3.05) is 6.54 Å². The van der Waals surface area contributed by atoms with Gasteiger partial charge in [-0.15, -0.1) is 0 Å². The highest BCUT2D eigenvalue weighted by atomic mass is 16.3. The molecule has 1 saturated carbocycles. The molecule has 4 atom stereocenters. The van der Waals surface area contributed by atoms with E-state index in [4.69, 9.17) is 4.98 Å². The van der Waals surface area contributed by atoms with Gasteiger partial charge in [0.05, 0.1) is 23.9 Å². The van der Waals surface area contributed by atoms with Gasteiger partial charge in [-0.25, -0.2) is 4.98 Å². The SMILES string of the molecule is CC(C)[C@H](C)C(=O)N1CCC[C@H]1c1nc(-c2ccc(-c3ccc(C(=O)N[C@H]4CCC[C@@H]4O)cc3)cc2)c[nH]1. The van der Waals surface area contributed by atoms with E-state index in [1.54, 1.807) is 0 Å². The van der Waals surface area contributed by atoms with Gasteiger partial charge in [0.2, 0.25) is 5.91 Å². The molecule has 2 aliphatic rings. The number of amides is 2. The van der Waals surface area contributed by atoms with E-state index in [-0.39, 0.29) is 29.8 Å². The van der Waals surface area contributed by atoms with Crippen molar-refractivity contribution < 1.29 is 14.7 Å². The van der Waals surface area contributed by atoms with Gasteiger partial charge in [-0.1, -0.05) is 57.2 Å². The molecular formula is C31H38N4O3. The fourth-order valence-corrected chi connectivity index (χ4v) is 5.52. The predicted octanol–water partition coefficient (Wildman–Crippen LogP) is 5.34. The number of aliphatic hydroxyl groups excluding tert-OH is 1. The molecule has 2 heterocycles. The minimum Gasteiger partial charge on any atom is -0.391 e. The van der Waals surface area contributed by atoms with Crippen LogP contribution < -0.4 is 5.32 Å². The molecule has 7 nitrogen and oxygen atoms in total. The number of hydrogen-bond donors (Lipinski definition) is 3. The molecule has 2 aromatic carbocycles. The highest BCUT2D eigenvalue weighted by Gasteiger charge is 2.35. The Kier molecular flexibility index (Phi) is 7.65. The van der Waals surface area contributed by atoms with E-state index < -0.39 is 6.10 Å². The first-order chi connectivity index (χ1) is 18.3. The number of carbonyl (C=O) groups is 2. The molecule has 3 aromatic rings. The number of nitrogens with one attached hydrogen (secondary N) is 2. The summed E-state index contributed by atoms with van der Waals surface area (Å²) in [5, 5.41) is 12.9. The van der Waals surface area contributed by atoms with Crippen LogP contribution in [0.4, 0.5) is 0 Å². The highest BCUT2D eigenvalue weighted by Crippen LogP contribution is 2.34. The molecular weight excluding hydrogens is 476 g/mol. The van der Waals surface area contributed by atoms with E-state index >= 15 is 0 Å². The lowest BCUT2D eigenvalue weighted by Gasteiger charge is -2.27. The Morgan fingerprint density at radius 3 is 2.24 bits per heavy atom. The van der Waals surface area contributed by atoms with Gasteiger partial charge in [-0.2, -0.15) is 0 Å². The smallest absolute Gasteiger partial charge is 0.251 e. The summed E-state index contributed by atoms with van der Waals surface area (Å²) in [5.74, 6) is 1.23. The number of rotatable bonds is 7. The van der Waals surface area contributed by atoms with Crippen molar-refractivity contribution in [2.45, 2.75) is 71.1 Å². The van der Waals surface area contributed by atoms with E-state index in [0.29, 0.717) is 11.5 Å². The number of nitrogens with zero attached hydrogens (tertiary/aromatic N) is 2. The topological polar surface area (TPSA) is 98.3 Å². The number of likely N-dealkylation sites (tertiary alicyclic amines) is 1. The maximum atomic E-state index is 13.0. The van der Waals surface area contributed by atoms with Crippen LogP contribution in [0.5, 0.6) is 0 Å². The number of aliphatic hydroxyl groups is 1. The number of hydrogen-bond acceptors (Lipinski definition) is 4. The van der Waals surface area contributed by atoms with Crippen molar-refractivity contribution in [3.8, 4) is 22.4 Å². The Morgan fingerprint density at radius 2 is 1.61 bits per heavy atom. The normalized spacial score (nSPS) is 22.1. The molecule has 38 heavy (non-hydrogen) atoms. The van der Waals surface area contributed by atoms with Gasteiger partial charge in [-0.05, 0) is 61.3 Å². The highest BCUT2D eigenvalue weighted by molar-refractivity contribution is 5.95. The Labute approximate surface area is 224 Å². The van der Waals surface area contributed by atoms with Crippen LogP contribution >= 0.6 is 0 Å². The van der Waals surface area contributed by atoms with Crippen LogP contribution in [-0.2, 0) is 4.79 Å². The molecule has 0 spiro atoms. The molecule has 2 amide bonds. The van der Waals surface area contributed by atoms with Gasteiger partial charge in [0, 0.05) is 29.8 Å². The molecule has 5 rings (SSSR count). The maximum absolute atomic E-state index is 13.0. The Balaban J connectivity index is 1.25. The van der Waals surface area contributed by atoms with E-state index in [0.717, 1.165) is 66.9 Å². The minimum absolute atomic E-state index is 0.00113. The molecule has 1 aliphatic carbocycles. The number of imidazole rings is 1. The average Bonchev–Trinajstić information content (AvgIpc) is 3.69. The standard InChI is InChI=1S/C31H38N4O3/c1-19(2)20(3)31(38)35-17-5-7-27(35)29-32-18-26(33-29)23-13-9-21(10-14-23)22-11-15-24(16-12-22)30(37)34-25-6-4-8-28(25)36/h9-16,18-20,25,27-28,36H,4-8,17H2,1-3H3,(H,32,33)(H,34,37)/t20-,25-,27-,28-/m0/s1. The molecule has 1 aliphatic heterocycles. The zero-order chi connectivity index (χ0) is 26.8. The number of aromatic amines is 1. The summed E-state index contributed by atoms with van der Waals surface area (Å²) in [6, 6.07) is 15.6. The van der Waals surface area contributed by atoms with Crippen molar-refractivity contribution >= 4 is 11.8 Å². The van der Waals surface area contributed by atoms with Crippen LogP contribution in [0, 0.1) is 11.8 Å². The molecule has 2 fully saturated rings. The Morgan fingerprint density at radius 1 is 0.947 bits per heavy atom. The maximum Gasteiger partial charge on any atom is 0.251 e. The van der Waals surface area contributed by atoms with Crippen LogP contribution in [0.25, 0.3) is 22.4 Å². The zero-order valence-corrected chi connectivity index (χ0v) is 22.5. The molecule has 200 valence electrons. The molecule has 0 unspecified atom stereocenters.